The highest BCUT2D eigenvalue weighted by Gasteiger charge is 2.12. The van der Waals surface area contributed by atoms with Gasteiger partial charge in [-0.2, -0.15) is 5.10 Å². The van der Waals surface area contributed by atoms with Crippen LogP contribution in [0, 0.1) is 5.82 Å². The van der Waals surface area contributed by atoms with Gasteiger partial charge in [0, 0.05) is 6.20 Å². The van der Waals surface area contributed by atoms with Crippen molar-refractivity contribution < 1.29 is 4.39 Å². The van der Waals surface area contributed by atoms with E-state index in [0.29, 0.717) is 16.9 Å². The fourth-order valence-corrected chi connectivity index (χ4v) is 2.24. The fraction of sp³-hybridized carbons (Fsp3) is 0. The monoisotopic (exact) mass is 252 g/mol. The zero-order chi connectivity index (χ0) is 12.8. The summed E-state index contributed by atoms with van der Waals surface area (Å²) in [4.78, 5) is 7.45. The van der Waals surface area contributed by atoms with Crippen LogP contribution in [0.1, 0.15) is 0 Å². The van der Waals surface area contributed by atoms with Gasteiger partial charge in [0.15, 0.2) is 5.82 Å². The summed E-state index contributed by atoms with van der Waals surface area (Å²) in [6, 6.07) is 10.7. The number of halogens is 1. The minimum atomic E-state index is -0.323. The van der Waals surface area contributed by atoms with Crippen molar-refractivity contribution in [3.8, 4) is 11.4 Å². The molecule has 0 radical (unpaired) electrons. The summed E-state index contributed by atoms with van der Waals surface area (Å²) in [5, 5.41) is 4.25. The standard InChI is InChI=1S/C14H9FN4/c15-10-4-3-5-11-13(10)18-14(17-11)9-8-16-19-7-2-1-6-12(9)19/h1-8H,(H,17,18). The van der Waals surface area contributed by atoms with Gasteiger partial charge in [-0.3, -0.25) is 0 Å². The van der Waals surface area contributed by atoms with Crippen molar-refractivity contribution in [2.75, 3.05) is 0 Å². The van der Waals surface area contributed by atoms with Gasteiger partial charge < -0.3 is 4.98 Å². The average molecular weight is 252 g/mol. The second-order valence-corrected chi connectivity index (χ2v) is 4.31. The first-order chi connectivity index (χ1) is 9.33. The van der Waals surface area contributed by atoms with E-state index in [9.17, 15) is 4.39 Å². The molecule has 1 aromatic carbocycles. The minimum Gasteiger partial charge on any atom is -0.338 e. The summed E-state index contributed by atoms with van der Waals surface area (Å²) in [5.74, 6) is 0.303. The number of hydrogen-bond acceptors (Lipinski definition) is 2. The molecule has 4 aromatic rings. The summed E-state index contributed by atoms with van der Waals surface area (Å²) in [6.07, 6.45) is 3.59. The maximum atomic E-state index is 13.7. The number of para-hydroxylation sites is 1. The smallest absolute Gasteiger partial charge is 0.151 e. The van der Waals surface area contributed by atoms with E-state index < -0.39 is 0 Å². The molecule has 4 rings (SSSR count). The Morgan fingerprint density at radius 1 is 1.11 bits per heavy atom. The van der Waals surface area contributed by atoms with Crippen LogP contribution in [0.5, 0.6) is 0 Å². The van der Waals surface area contributed by atoms with E-state index in [1.807, 2.05) is 24.4 Å². The van der Waals surface area contributed by atoms with Crippen molar-refractivity contribution in [3.63, 3.8) is 0 Å². The number of aromatic nitrogens is 4. The molecule has 1 N–H and O–H groups in total. The molecular weight excluding hydrogens is 243 g/mol. The predicted octanol–water partition coefficient (Wildman–Crippen LogP) is 3.02. The number of nitrogens with zero attached hydrogens (tertiary/aromatic N) is 3. The Bertz CT molecular complexity index is 891. The first-order valence-electron chi connectivity index (χ1n) is 5.90. The molecule has 92 valence electrons. The zero-order valence-electron chi connectivity index (χ0n) is 9.84. The van der Waals surface area contributed by atoms with Crippen molar-refractivity contribution in [2.45, 2.75) is 0 Å². The maximum absolute atomic E-state index is 13.7. The first kappa shape index (κ1) is 10.3. The quantitative estimate of drug-likeness (QED) is 0.566. The van der Waals surface area contributed by atoms with E-state index in [4.69, 9.17) is 0 Å². The molecule has 3 heterocycles. The van der Waals surface area contributed by atoms with Gasteiger partial charge in [0.1, 0.15) is 11.3 Å². The van der Waals surface area contributed by atoms with Gasteiger partial charge in [-0.15, -0.1) is 0 Å². The van der Waals surface area contributed by atoms with Gasteiger partial charge >= 0.3 is 0 Å². The largest absolute Gasteiger partial charge is 0.338 e. The molecule has 0 aliphatic rings. The maximum Gasteiger partial charge on any atom is 0.151 e. The van der Waals surface area contributed by atoms with Crippen LogP contribution >= 0.6 is 0 Å². The summed E-state index contributed by atoms with van der Waals surface area (Å²) in [7, 11) is 0. The van der Waals surface area contributed by atoms with Crippen LogP contribution in [-0.2, 0) is 0 Å². The summed E-state index contributed by atoms with van der Waals surface area (Å²) in [5.41, 5.74) is 2.83. The number of aromatic amines is 1. The van der Waals surface area contributed by atoms with Crippen LogP contribution in [0.2, 0.25) is 0 Å². The molecule has 0 aliphatic carbocycles. The Kier molecular flexibility index (Phi) is 1.97. The number of pyridine rings is 1. The number of fused-ring (bicyclic) bond motifs is 2. The van der Waals surface area contributed by atoms with E-state index in [2.05, 4.69) is 15.1 Å². The van der Waals surface area contributed by atoms with Crippen molar-refractivity contribution >= 4 is 16.6 Å². The fourth-order valence-electron chi connectivity index (χ4n) is 2.24. The Hall–Kier alpha value is -2.69. The molecule has 5 heteroatoms. The van der Waals surface area contributed by atoms with E-state index in [-0.39, 0.29) is 5.82 Å². The number of hydrogen-bond donors (Lipinski definition) is 1. The van der Waals surface area contributed by atoms with E-state index in [1.165, 1.54) is 6.07 Å². The van der Waals surface area contributed by atoms with Gasteiger partial charge in [0.25, 0.3) is 0 Å². The molecule has 0 unspecified atom stereocenters. The molecule has 0 saturated heterocycles. The number of nitrogens with one attached hydrogen (secondary N) is 1. The lowest BCUT2D eigenvalue weighted by Crippen LogP contribution is -1.84. The van der Waals surface area contributed by atoms with Crippen molar-refractivity contribution in [1.29, 1.82) is 0 Å². The van der Waals surface area contributed by atoms with Crippen molar-refractivity contribution in [1.82, 2.24) is 19.6 Å². The highest BCUT2D eigenvalue weighted by Crippen LogP contribution is 2.25. The molecule has 0 spiro atoms. The molecule has 0 atom stereocenters. The van der Waals surface area contributed by atoms with Gasteiger partial charge in [0.2, 0.25) is 0 Å². The number of benzene rings is 1. The van der Waals surface area contributed by atoms with E-state index in [0.717, 1.165) is 11.1 Å². The lowest BCUT2D eigenvalue weighted by molar-refractivity contribution is 0.637. The minimum absolute atomic E-state index is 0.323. The highest BCUT2D eigenvalue weighted by atomic mass is 19.1. The van der Waals surface area contributed by atoms with Gasteiger partial charge in [0.05, 0.1) is 22.8 Å². The van der Waals surface area contributed by atoms with Crippen LogP contribution in [-0.4, -0.2) is 19.6 Å². The van der Waals surface area contributed by atoms with Crippen molar-refractivity contribution in [3.05, 3.63) is 54.6 Å². The third-order valence-electron chi connectivity index (χ3n) is 3.15. The van der Waals surface area contributed by atoms with Crippen molar-refractivity contribution in [2.24, 2.45) is 0 Å². The van der Waals surface area contributed by atoms with Gasteiger partial charge in [-0.25, -0.2) is 13.9 Å². The molecule has 0 aliphatic heterocycles. The molecule has 4 nitrogen and oxygen atoms in total. The third-order valence-corrected chi connectivity index (χ3v) is 3.15. The zero-order valence-corrected chi connectivity index (χ0v) is 9.84. The molecule has 0 bridgehead atoms. The average Bonchev–Trinajstić information content (AvgIpc) is 3.02. The lowest BCUT2D eigenvalue weighted by atomic mass is 10.2. The van der Waals surface area contributed by atoms with Crippen LogP contribution < -0.4 is 0 Å². The van der Waals surface area contributed by atoms with Gasteiger partial charge in [-0.1, -0.05) is 12.1 Å². The molecule has 3 aromatic heterocycles. The Balaban J connectivity index is 2.02. The molecule has 0 saturated carbocycles. The summed E-state index contributed by atoms with van der Waals surface area (Å²) >= 11 is 0. The van der Waals surface area contributed by atoms with Crippen LogP contribution in [0.15, 0.2) is 48.8 Å². The molecule has 0 fully saturated rings. The van der Waals surface area contributed by atoms with E-state index >= 15 is 0 Å². The second kappa shape index (κ2) is 3.65. The molecule has 19 heavy (non-hydrogen) atoms. The lowest BCUT2D eigenvalue weighted by Gasteiger charge is -1.93. The van der Waals surface area contributed by atoms with Crippen LogP contribution in [0.3, 0.4) is 0 Å². The van der Waals surface area contributed by atoms with Crippen LogP contribution in [0.4, 0.5) is 4.39 Å². The summed E-state index contributed by atoms with van der Waals surface area (Å²) in [6.45, 7) is 0. The predicted molar refractivity (Wildman–Crippen MR) is 70.2 cm³/mol. The topological polar surface area (TPSA) is 46.0 Å². The van der Waals surface area contributed by atoms with Crippen LogP contribution in [0.25, 0.3) is 27.9 Å². The number of H-pyrrole nitrogens is 1. The van der Waals surface area contributed by atoms with Gasteiger partial charge in [-0.05, 0) is 24.3 Å². The molecule has 0 amide bonds. The SMILES string of the molecule is Fc1cccc2[nH]c(-c3cnn4ccccc34)nc12. The highest BCUT2D eigenvalue weighted by molar-refractivity contribution is 5.84. The second-order valence-electron chi connectivity index (χ2n) is 4.31. The molecular formula is C14H9FN4. The Morgan fingerprint density at radius 2 is 2.05 bits per heavy atom. The Labute approximate surface area is 107 Å². The number of imidazole rings is 1. The number of rotatable bonds is 1. The third kappa shape index (κ3) is 1.45. The normalized spacial score (nSPS) is 11.4. The Morgan fingerprint density at radius 3 is 2.95 bits per heavy atom. The first-order valence-corrected chi connectivity index (χ1v) is 5.90. The van der Waals surface area contributed by atoms with E-state index in [1.54, 1.807) is 22.8 Å². The summed E-state index contributed by atoms with van der Waals surface area (Å²) < 4.78 is 15.4.